The largest absolute Gasteiger partial charge is 0.355 e. The normalized spacial score (nSPS) is 21.5. The van der Waals surface area contributed by atoms with E-state index in [1.54, 1.807) is 0 Å². The highest BCUT2D eigenvalue weighted by atomic mass is 16.2. The highest BCUT2D eigenvalue weighted by Crippen LogP contribution is 2.18. The van der Waals surface area contributed by atoms with E-state index in [0.717, 1.165) is 26.1 Å². The molecule has 0 bridgehead atoms. The van der Waals surface area contributed by atoms with E-state index >= 15 is 0 Å². The molecule has 136 valence electrons. The highest BCUT2D eigenvalue weighted by molar-refractivity contribution is 5.89. The molecule has 0 radical (unpaired) electrons. The van der Waals surface area contributed by atoms with Crippen LogP contribution in [0.25, 0.3) is 0 Å². The molecule has 0 aliphatic carbocycles. The molecule has 1 aromatic rings. The Morgan fingerprint density at radius 3 is 2.60 bits per heavy atom. The van der Waals surface area contributed by atoms with Crippen LogP contribution in [0.15, 0.2) is 30.3 Å². The van der Waals surface area contributed by atoms with Gasteiger partial charge in [0.15, 0.2) is 0 Å². The molecular formula is C20H29N3O2. The Labute approximate surface area is 150 Å². The van der Waals surface area contributed by atoms with E-state index in [0.29, 0.717) is 26.1 Å². The first-order chi connectivity index (χ1) is 12.2. The number of carbonyl (C=O) groups is 2. The zero-order chi connectivity index (χ0) is 17.5. The smallest absolute Gasteiger partial charge is 0.225 e. The molecule has 2 saturated heterocycles. The van der Waals surface area contributed by atoms with Gasteiger partial charge in [0, 0.05) is 32.6 Å². The summed E-state index contributed by atoms with van der Waals surface area (Å²) in [6, 6.07) is 10.2. The summed E-state index contributed by atoms with van der Waals surface area (Å²) in [6.07, 6.45) is 5.05. The fraction of sp³-hybridized carbons (Fsp3) is 0.600. The third kappa shape index (κ3) is 5.30. The monoisotopic (exact) mass is 343 g/mol. The standard InChI is InChI=1S/C20H29N3O2/c24-19-15-18(16-23(19)13-9-17-7-3-1-4-8-17)20(25)21-10-14-22-11-5-2-6-12-22/h1,3-4,7-8,18H,2,5-6,9-16H2,(H,21,25)/t18-/m1/s1. The Kier molecular flexibility index (Phi) is 6.45. The Bertz CT molecular complexity index is 570. The summed E-state index contributed by atoms with van der Waals surface area (Å²) in [5.74, 6) is -0.0516. The number of amides is 2. The third-order valence-corrected chi connectivity index (χ3v) is 5.27. The van der Waals surface area contributed by atoms with Gasteiger partial charge in [-0.25, -0.2) is 0 Å². The van der Waals surface area contributed by atoms with Crippen LogP contribution in [-0.2, 0) is 16.0 Å². The molecule has 0 saturated carbocycles. The van der Waals surface area contributed by atoms with E-state index in [1.165, 1.54) is 24.8 Å². The van der Waals surface area contributed by atoms with Crippen molar-refractivity contribution in [3.63, 3.8) is 0 Å². The molecular weight excluding hydrogens is 314 g/mol. The summed E-state index contributed by atoms with van der Waals surface area (Å²) < 4.78 is 0. The van der Waals surface area contributed by atoms with Crippen molar-refractivity contribution in [1.82, 2.24) is 15.1 Å². The molecule has 5 heteroatoms. The maximum Gasteiger partial charge on any atom is 0.225 e. The summed E-state index contributed by atoms with van der Waals surface area (Å²) in [5, 5.41) is 3.03. The second kappa shape index (κ2) is 8.99. The number of hydrogen-bond donors (Lipinski definition) is 1. The van der Waals surface area contributed by atoms with Gasteiger partial charge in [0.25, 0.3) is 0 Å². The minimum Gasteiger partial charge on any atom is -0.355 e. The molecule has 2 aliphatic rings. The maximum atomic E-state index is 12.3. The topological polar surface area (TPSA) is 52.7 Å². The Balaban J connectivity index is 1.38. The van der Waals surface area contributed by atoms with Crippen LogP contribution in [0.1, 0.15) is 31.2 Å². The summed E-state index contributed by atoms with van der Waals surface area (Å²) in [6.45, 7) is 5.15. The molecule has 1 aromatic carbocycles. The molecule has 0 aromatic heterocycles. The van der Waals surface area contributed by atoms with Crippen molar-refractivity contribution in [2.75, 3.05) is 39.3 Å². The van der Waals surface area contributed by atoms with E-state index in [1.807, 2.05) is 23.1 Å². The van der Waals surface area contributed by atoms with Crippen molar-refractivity contribution in [3.8, 4) is 0 Å². The van der Waals surface area contributed by atoms with Crippen LogP contribution in [0, 0.1) is 5.92 Å². The van der Waals surface area contributed by atoms with Gasteiger partial charge in [0.2, 0.25) is 11.8 Å². The first kappa shape index (κ1) is 17.9. The zero-order valence-corrected chi connectivity index (χ0v) is 15.0. The first-order valence-corrected chi connectivity index (χ1v) is 9.54. The number of nitrogens with zero attached hydrogens (tertiary/aromatic N) is 2. The van der Waals surface area contributed by atoms with Crippen LogP contribution < -0.4 is 5.32 Å². The number of rotatable bonds is 7. The van der Waals surface area contributed by atoms with Crippen LogP contribution >= 0.6 is 0 Å². The predicted molar refractivity (Wildman–Crippen MR) is 98.1 cm³/mol. The highest BCUT2D eigenvalue weighted by Gasteiger charge is 2.33. The van der Waals surface area contributed by atoms with Crippen LogP contribution in [-0.4, -0.2) is 60.9 Å². The lowest BCUT2D eigenvalue weighted by Gasteiger charge is -2.26. The van der Waals surface area contributed by atoms with Gasteiger partial charge in [-0.2, -0.15) is 0 Å². The molecule has 3 rings (SSSR count). The van der Waals surface area contributed by atoms with E-state index in [4.69, 9.17) is 0 Å². The van der Waals surface area contributed by atoms with Crippen molar-refractivity contribution in [2.45, 2.75) is 32.1 Å². The Hall–Kier alpha value is -1.88. The predicted octanol–water partition coefficient (Wildman–Crippen LogP) is 1.68. The lowest BCUT2D eigenvalue weighted by Crippen LogP contribution is -2.40. The minimum absolute atomic E-state index is 0.0348. The van der Waals surface area contributed by atoms with Gasteiger partial charge in [0.05, 0.1) is 5.92 Å². The van der Waals surface area contributed by atoms with Gasteiger partial charge in [-0.15, -0.1) is 0 Å². The molecule has 0 unspecified atom stereocenters. The summed E-state index contributed by atoms with van der Waals surface area (Å²) in [4.78, 5) is 28.8. The minimum atomic E-state index is -0.190. The van der Waals surface area contributed by atoms with Crippen molar-refractivity contribution in [2.24, 2.45) is 5.92 Å². The van der Waals surface area contributed by atoms with Crippen molar-refractivity contribution >= 4 is 11.8 Å². The van der Waals surface area contributed by atoms with E-state index in [2.05, 4.69) is 22.3 Å². The van der Waals surface area contributed by atoms with Gasteiger partial charge in [0.1, 0.15) is 0 Å². The molecule has 1 N–H and O–H groups in total. The van der Waals surface area contributed by atoms with Gasteiger partial charge in [-0.05, 0) is 37.9 Å². The average Bonchev–Trinajstić information content (AvgIpc) is 3.02. The quantitative estimate of drug-likeness (QED) is 0.819. The van der Waals surface area contributed by atoms with Crippen molar-refractivity contribution in [3.05, 3.63) is 35.9 Å². The number of piperidine rings is 1. The molecule has 0 spiro atoms. The maximum absolute atomic E-state index is 12.3. The molecule has 1 atom stereocenters. The SMILES string of the molecule is O=C(NCCN1CCCCC1)[C@@H]1CC(=O)N(CCc2ccccc2)C1. The fourth-order valence-electron chi connectivity index (χ4n) is 3.74. The first-order valence-electron chi connectivity index (χ1n) is 9.54. The van der Waals surface area contributed by atoms with E-state index in [9.17, 15) is 9.59 Å². The molecule has 2 aliphatic heterocycles. The van der Waals surface area contributed by atoms with E-state index in [-0.39, 0.29) is 17.7 Å². The van der Waals surface area contributed by atoms with Crippen molar-refractivity contribution < 1.29 is 9.59 Å². The number of nitrogens with one attached hydrogen (secondary N) is 1. The number of hydrogen-bond acceptors (Lipinski definition) is 3. The molecule has 5 nitrogen and oxygen atoms in total. The van der Waals surface area contributed by atoms with Crippen LogP contribution in [0.3, 0.4) is 0 Å². The van der Waals surface area contributed by atoms with Gasteiger partial charge in [-0.1, -0.05) is 36.8 Å². The molecule has 2 heterocycles. The summed E-state index contributed by atoms with van der Waals surface area (Å²) in [7, 11) is 0. The van der Waals surface area contributed by atoms with Crippen molar-refractivity contribution in [1.29, 1.82) is 0 Å². The summed E-state index contributed by atoms with van der Waals surface area (Å²) in [5.41, 5.74) is 1.23. The zero-order valence-electron chi connectivity index (χ0n) is 15.0. The molecule has 2 fully saturated rings. The third-order valence-electron chi connectivity index (χ3n) is 5.27. The second-order valence-electron chi connectivity index (χ2n) is 7.17. The Morgan fingerprint density at radius 1 is 1.08 bits per heavy atom. The van der Waals surface area contributed by atoms with Gasteiger partial charge >= 0.3 is 0 Å². The Morgan fingerprint density at radius 2 is 1.84 bits per heavy atom. The lowest BCUT2D eigenvalue weighted by molar-refractivity contribution is -0.129. The number of carbonyl (C=O) groups excluding carboxylic acids is 2. The number of likely N-dealkylation sites (tertiary alicyclic amines) is 2. The fourth-order valence-corrected chi connectivity index (χ4v) is 3.74. The van der Waals surface area contributed by atoms with Gasteiger partial charge < -0.3 is 15.1 Å². The molecule has 25 heavy (non-hydrogen) atoms. The van der Waals surface area contributed by atoms with Crippen LogP contribution in [0.5, 0.6) is 0 Å². The summed E-state index contributed by atoms with van der Waals surface area (Å²) >= 11 is 0. The molecule has 2 amide bonds. The number of benzene rings is 1. The second-order valence-corrected chi connectivity index (χ2v) is 7.17. The van der Waals surface area contributed by atoms with Crippen LogP contribution in [0.2, 0.25) is 0 Å². The van der Waals surface area contributed by atoms with E-state index < -0.39 is 0 Å². The average molecular weight is 343 g/mol. The lowest BCUT2D eigenvalue weighted by atomic mass is 10.1. The van der Waals surface area contributed by atoms with Gasteiger partial charge in [-0.3, -0.25) is 9.59 Å². The van der Waals surface area contributed by atoms with Crippen LogP contribution in [0.4, 0.5) is 0 Å².